The highest BCUT2D eigenvalue weighted by Gasteiger charge is 2.52. The van der Waals surface area contributed by atoms with Crippen LogP contribution in [0, 0.1) is 0 Å². The van der Waals surface area contributed by atoms with Crippen LogP contribution in [-0.4, -0.2) is 50.9 Å². The first-order valence-corrected chi connectivity index (χ1v) is 7.91. The van der Waals surface area contributed by atoms with Gasteiger partial charge in [-0.05, 0) is 12.8 Å². The molecule has 0 aromatic carbocycles. The van der Waals surface area contributed by atoms with Crippen LogP contribution in [-0.2, 0) is 14.3 Å². The van der Waals surface area contributed by atoms with Gasteiger partial charge in [-0.2, -0.15) is 5.01 Å². The molecule has 0 bridgehead atoms. The summed E-state index contributed by atoms with van der Waals surface area (Å²) in [5.74, 6) is -2.11. The lowest BCUT2D eigenvalue weighted by Crippen LogP contribution is -2.51. The van der Waals surface area contributed by atoms with Crippen molar-refractivity contribution in [2.75, 3.05) is 6.61 Å². The maximum absolute atomic E-state index is 12.5. The van der Waals surface area contributed by atoms with Crippen LogP contribution in [0.4, 0.5) is 4.79 Å². The molecule has 10 heteroatoms. The van der Waals surface area contributed by atoms with Crippen LogP contribution in [0.3, 0.4) is 0 Å². The second-order valence-corrected chi connectivity index (χ2v) is 5.92. The van der Waals surface area contributed by atoms with Gasteiger partial charge in [-0.1, -0.05) is 19.3 Å². The van der Waals surface area contributed by atoms with Gasteiger partial charge in [0.05, 0.1) is 6.20 Å². The fraction of sp³-hybridized carbons (Fsp3) is 0.467. The molecule has 4 amide bonds. The van der Waals surface area contributed by atoms with Gasteiger partial charge in [0.1, 0.15) is 5.54 Å². The van der Waals surface area contributed by atoms with Crippen molar-refractivity contribution in [2.24, 2.45) is 0 Å². The number of ether oxygens (including phenoxy) is 1. The van der Waals surface area contributed by atoms with E-state index in [4.69, 9.17) is 4.74 Å². The van der Waals surface area contributed by atoms with Crippen molar-refractivity contribution in [2.45, 2.75) is 37.6 Å². The number of nitrogens with one attached hydrogen (secondary N) is 2. The largest absolute Gasteiger partial charge is 0.451 e. The van der Waals surface area contributed by atoms with Gasteiger partial charge in [0.15, 0.2) is 12.3 Å². The molecule has 10 nitrogen and oxygen atoms in total. The lowest BCUT2D eigenvalue weighted by atomic mass is 9.82. The number of amides is 4. The fourth-order valence-corrected chi connectivity index (χ4v) is 2.98. The standard InChI is InChI=1S/C15H17N5O5/c21-11(9-25-12(22)10-8-16-6-7-17-10)19-20-13(23)15(18-14(20)24)4-2-1-3-5-15/h6-8H,1-5,9H2,(H,18,24)(H,19,21). The van der Waals surface area contributed by atoms with Crippen LogP contribution in [0.2, 0.25) is 0 Å². The minimum Gasteiger partial charge on any atom is -0.451 e. The molecule has 2 aliphatic rings. The average Bonchev–Trinajstić information content (AvgIpc) is 2.85. The summed E-state index contributed by atoms with van der Waals surface area (Å²) in [6.45, 7) is -0.653. The van der Waals surface area contributed by atoms with Crippen LogP contribution in [0.25, 0.3) is 0 Å². The highest BCUT2D eigenvalue weighted by Crippen LogP contribution is 2.32. The lowest BCUT2D eigenvalue weighted by molar-refractivity contribution is -0.140. The second-order valence-electron chi connectivity index (χ2n) is 5.92. The Bertz CT molecular complexity index is 702. The van der Waals surface area contributed by atoms with Crippen LogP contribution in [0.15, 0.2) is 18.6 Å². The number of nitrogens with zero attached hydrogens (tertiary/aromatic N) is 3. The van der Waals surface area contributed by atoms with Crippen molar-refractivity contribution in [3.8, 4) is 0 Å². The number of carbonyl (C=O) groups excluding carboxylic acids is 4. The van der Waals surface area contributed by atoms with Gasteiger partial charge in [-0.25, -0.2) is 14.6 Å². The number of imide groups is 1. The predicted molar refractivity (Wildman–Crippen MR) is 81.7 cm³/mol. The molecule has 2 fully saturated rings. The zero-order valence-electron chi connectivity index (χ0n) is 13.4. The van der Waals surface area contributed by atoms with E-state index in [2.05, 4.69) is 20.7 Å². The van der Waals surface area contributed by atoms with E-state index in [0.717, 1.165) is 19.3 Å². The van der Waals surface area contributed by atoms with Crippen molar-refractivity contribution >= 4 is 23.8 Å². The van der Waals surface area contributed by atoms with Gasteiger partial charge in [-0.15, -0.1) is 0 Å². The number of aromatic nitrogens is 2. The van der Waals surface area contributed by atoms with Crippen molar-refractivity contribution in [3.63, 3.8) is 0 Å². The average molecular weight is 347 g/mol. The van der Waals surface area contributed by atoms with E-state index in [1.807, 2.05) is 0 Å². The molecular formula is C15H17N5O5. The molecule has 2 N–H and O–H groups in total. The topological polar surface area (TPSA) is 131 Å². The number of urea groups is 1. The van der Waals surface area contributed by atoms with E-state index in [1.165, 1.54) is 18.6 Å². The van der Waals surface area contributed by atoms with E-state index < -0.39 is 36.0 Å². The van der Waals surface area contributed by atoms with E-state index >= 15 is 0 Å². The third kappa shape index (κ3) is 3.42. The third-order valence-corrected chi connectivity index (χ3v) is 4.21. The molecule has 1 aromatic rings. The summed E-state index contributed by atoms with van der Waals surface area (Å²) in [6, 6.07) is -0.680. The minimum absolute atomic E-state index is 0.0496. The van der Waals surface area contributed by atoms with E-state index in [0.29, 0.717) is 17.9 Å². The first kappa shape index (κ1) is 16.8. The molecule has 25 heavy (non-hydrogen) atoms. The monoisotopic (exact) mass is 347 g/mol. The molecule has 1 aliphatic carbocycles. The fourth-order valence-electron chi connectivity index (χ4n) is 2.98. The Morgan fingerprint density at radius 2 is 2.00 bits per heavy atom. The third-order valence-electron chi connectivity index (χ3n) is 4.21. The Morgan fingerprint density at radius 1 is 1.24 bits per heavy atom. The van der Waals surface area contributed by atoms with Crippen LogP contribution < -0.4 is 10.7 Å². The van der Waals surface area contributed by atoms with Gasteiger partial charge < -0.3 is 10.1 Å². The van der Waals surface area contributed by atoms with Crippen molar-refractivity contribution in [1.82, 2.24) is 25.7 Å². The first-order valence-electron chi connectivity index (χ1n) is 7.91. The quantitative estimate of drug-likeness (QED) is 0.575. The highest BCUT2D eigenvalue weighted by molar-refractivity contribution is 6.08. The van der Waals surface area contributed by atoms with E-state index in [1.54, 1.807) is 0 Å². The minimum atomic E-state index is -0.932. The number of rotatable bonds is 4. The number of carbonyl (C=O) groups is 4. The zero-order chi connectivity index (χ0) is 17.9. The number of esters is 1. The molecule has 132 valence electrons. The Kier molecular flexibility index (Phi) is 4.59. The maximum atomic E-state index is 12.5. The van der Waals surface area contributed by atoms with Crippen LogP contribution in [0.1, 0.15) is 42.6 Å². The van der Waals surface area contributed by atoms with Crippen LogP contribution >= 0.6 is 0 Å². The molecule has 0 unspecified atom stereocenters. The molecule has 1 saturated heterocycles. The molecule has 2 heterocycles. The van der Waals surface area contributed by atoms with Crippen molar-refractivity contribution in [1.29, 1.82) is 0 Å². The maximum Gasteiger partial charge on any atom is 0.359 e. The summed E-state index contributed by atoms with van der Waals surface area (Å²) < 4.78 is 4.78. The van der Waals surface area contributed by atoms with Gasteiger partial charge in [-0.3, -0.25) is 20.0 Å². The van der Waals surface area contributed by atoms with E-state index in [9.17, 15) is 19.2 Å². The number of hydrogen-bond acceptors (Lipinski definition) is 7. The highest BCUT2D eigenvalue weighted by atomic mass is 16.5. The summed E-state index contributed by atoms with van der Waals surface area (Å²) >= 11 is 0. The van der Waals surface area contributed by atoms with Crippen molar-refractivity contribution < 1.29 is 23.9 Å². The first-order chi connectivity index (χ1) is 12.0. The molecule has 0 radical (unpaired) electrons. The van der Waals surface area contributed by atoms with Gasteiger partial charge in [0.25, 0.3) is 11.8 Å². The molecule has 1 saturated carbocycles. The zero-order valence-corrected chi connectivity index (χ0v) is 13.4. The Hall–Kier alpha value is -3.04. The van der Waals surface area contributed by atoms with Crippen LogP contribution in [0.5, 0.6) is 0 Å². The normalized spacial score (nSPS) is 18.8. The van der Waals surface area contributed by atoms with E-state index in [-0.39, 0.29) is 5.69 Å². The summed E-state index contributed by atoms with van der Waals surface area (Å²) in [4.78, 5) is 55.5. The molecule has 1 spiro atoms. The summed E-state index contributed by atoms with van der Waals surface area (Å²) in [7, 11) is 0. The second kappa shape index (κ2) is 6.83. The molecule has 1 aromatic heterocycles. The van der Waals surface area contributed by atoms with Gasteiger partial charge in [0.2, 0.25) is 0 Å². The van der Waals surface area contributed by atoms with Gasteiger partial charge >= 0.3 is 12.0 Å². The molecule has 0 atom stereocenters. The Morgan fingerprint density at radius 3 is 2.68 bits per heavy atom. The smallest absolute Gasteiger partial charge is 0.359 e. The molecular weight excluding hydrogens is 330 g/mol. The Labute approximate surface area is 142 Å². The van der Waals surface area contributed by atoms with Gasteiger partial charge in [0, 0.05) is 12.4 Å². The summed E-state index contributed by atoms with van der Waals surface area (Å²) in [5, 5.41) is 3.32. The predicted octanol–water partition coefficient (Wildman–Crippen LogP) is -0.0807. The molecule has 3 rings (SSSR count). The lowest BCUT2D eigenvalue weighted by Gasteiger charge is -2.30. The SMILES string of the molecule is O=C(COC(=O)c1cnccn1)NN1C(=O)NC2(CCCCC2)C1=O. The summed E-state index contributed by atoms with van der Waals surface area (Å²) in [6.07, 6.45) is 7.68. The number of hydrazine groups is 1. The number of hydrogen-bond donors (Lipinski definition) is 2. The van der Waals surface area contributed by atoms with Crippen molar-refractivity contribution in [3.05, 3.63) is 24.3 Å². The molecule has 1 aliphatic heterocycles. The Balaban J connectivity index is 1.55. The summed E-state index contributed by atoms with van der Waals surface area (Å²) in [5.41, 5.74) is 1.20.